The molecule has 0 unspecified atom stereocenters. The Balaban J connectivity index is 0.00000400. The minimum Gasteiger partial charge on any atom is -0.550 e. The third kappa shape index (κ3) is 5.45. The van der Waals surface area contributed by atoms with E-state index in [1.165, 1.54) is 24.3 Å². The molecule has 7 heteroatoms. The van der Waals surface area contributed by atoms with E-state index in [1.807, 2.05) is 0 Å². The number of aromatic hydroxyl groups is 1. The molecule has 2 N–H and O–H groups in total. The van der Waals surface area contributed by atoms with Gasteiger partial charge in [-0.3, -0.25) is 4.79 Å². The molecule has 0 aliphatic carbocycles. The van der Waals surface area contributed by atoms with Crippen LogP contribution in [0.3, 0.4) is 0 Å². The Morgan fingerprint density at radius 3 is 2.19 bits per heavy atom. The Morgan fingerprint density at radius 2 is 1.76 bits per heavy atom. The van der Waals surface area contributed by atoms with Crippen molar-refractivity contribution in [2.75, 3.05) is 27.7 Å². The summed E-state index contributed by atoms with van der Waals surface area (Å²) in [7, 11) is 5.16. The van der Waals surface area contributed by atoms with Crippen LogP contribution in [0.1, 0.15) is 16.8 Å². The molecule has 0 aliphatic rings. The number of hydrogen-bond acceptors (Lipinski definition) is 5. The molecule has 0 radical (unpaired) electrons. The summed E-state index contributed by atoms with van der Waals surface area (Å²) in [4.78, 5) is 23.2. The van der Waals surface area contributed by atoms with E-state index in [0.717, 1.165) is 0 Å². The van der Waals surface area contributed by atoms with Crippen LogP contribution in [-0.4, -0.2) is 59.7 Å². The van der Waals surface area contributed by atoms with Crippen LogP contribution in [0.5, 0.6) is 5.75 Å². The fourth-order valence-corrected chi connectivity index (χ4v) is 2.15. The van der Waals surface area contributed by atoms with E-state index in [9.17, 15) is 24.9 Å². The van der Waals surface area contributed by atoms with Crippen molar-refractivity contribution in [3.8, 4) is 5.75 Å². The summed E-state index contributed by atoms with van der Waals surface area (Å²) in [5.74, 6) is -2.65. The Hall–Kier alpha value is -1.44. The highest BCUT2D eigenvalue weighted by atomic mass is 79.9. The zero-order chi connectivity index (χ0) is 15.6. The molecule has 118 valence electrons. The molecule has 0 amide bonds. The Kier molecular flexibility index (Phi) is 6.54. The lowest BCUT2D eigenvalue weighted by molar-refractivity contribution is -0.875. The lowest BCUT2D eigenvalue weighted by Gasteiger charge is -2.34. The number of para-hydroxylation sites is 1. The van der Waals surface area contributed by atoms with Crippen molar-refractivity contribution in [3.05, 3.63) is 29.8 Å². The highest BCUT2D eigenvalue weighted by Gasteiger charge is 2.42. The number of halogens is 1. The maximum Gasteiger partial charge on any atom is 0.204 e. The van der Waals surface area contributed by atoms with Crippen molar-refractivity contribution in [1.29, 1.82) is 0 Å². The zero-order valence-electron chi connectivity index (χ0n) is 12.2. The molecule has 6 nitrogen and oxygen atoms in total. The molecule has 0 heterocycles. The molecule has 0 aliphatic heterocycles. The lowest BCUT2D eigenvalue weighted by Crippen LogP contribution is -2.56. The quantitative estimate of drug-likeness (QED) is 0.536. The van der Waals surface area contributed by atoms with Gasteiger partial charge in [-0.1, -0.05) is 12.1 Å². The molecule has 0 bridgehead atoms. The van der Waals surface area contributed by atoms with E-state index >= 15 is 0 Å². The summed E-state index contributed by atoms with van der Waals surface area (Å²) in [5.41, 5.74) is -2.24. The number of carboxylic acids is 1. The fraction of sp³-hybridized carbons (Fsp3) is 0.429. The van der Waals surface area contributed by atoms with Gasteiger partial charge in [0.25, 0.3) is 0 Å². The summed E-state index contributed by atoms with van der Waals surface area (Å²) in [6, 6.07) is 5.70. The predicted molar refractivity (Wildman–Crippen MR) is 80.2 cm³/mol. The van der Waals surface area contributed by atoms with Crippen molar-refractivity contribution < 1.29 is 29.4 Å². The van der Waals surface area contributed by atoms with Gasteiger partial charge in [0.15, 0.2) is 5.60 Å². The van der Waals surface area contributed by atoms with Gasteiger partial charge in [-0.05, 0) is 12.1 Å². The number of carbonyl (C=O) groups excluding carboxylic acids is 2. The second-order valence-electron chi connectivity index (χ2n) is 5.88. The van der Waals surface area contributed by atoms with Crippen molar-refractivity contribution in [2.24, 2.45) is 0 Å². The number of aliphatic hydroxyl groups is 1. The molecule has 1 rings (SSSR count). The van der Waals surface area contributed by atoms with Crippen LogP contribution < -0.4 is 5.11 Å². The molecule has 0 saturated carbocycles. The number of nitrogens with zero attached hydrogens (tertiary/aromatic N) is 1. The number of hydrogen-bond donors (Lipinski definition) is 2. The first-order chi connectivity index (χ1) is 9.05. The number of ketones is 1. The van der Waals surface area contributed by atoms with Gasteiger partial charge in [0.2, 0.25) is 5.78 Å². The first kappa shape index (κ1) is 19.6. The molecule has 1 aromatic carbocycles. The normalized spacial score (nSPS) is 13.9. The predicted octanol–water partition coefficient (Wildman–Crippen LogP) is -0.270. The number of benzene rings is 1. The summed E-state index contributed by atoms with van der Waals surface area (Å²) in [5, 5.41) is 31.0. The Labute approximate surface area is 134 Å². The van der Waals surface area contributed by atoms with Crippen molar-refractivity contribution >= 4 is 28.7 Å². The van der Waals surface area contributed by atoms with Gasteiger partial charge in [-0.15, -0.1) is 17.0 Å². The molecule has 0 aromatic heterocycles. The van der Waals surface area contributed by atoms with Gasteiger partial charge < -0.3 is 24.6 Å². The molecular formula is C14H20BrNO5. The highest BCUT2D eigenvalue weighted by Crippen LogP contribution is 2.25. The SMILES string of the molecule is Br.C[N+](C)(C)C[C@](O)(CC(=O)[O-])C(=O)c1ccccc1O. The summed E-state index contributed by atoms with van der Waals surface area (Å²) in [6.07, 6.45) is -0.824. The second kappa shape index (κ2) is 7.02. The number of rotatable bonds is 6. The first-order valence-electron chi connectivity index (χ1n) is 6.11. The smallest absolute Gasteiger partial charge is 0.204 e. The van der Waals surface area contributed by atoms with Crippen LogP contribution in [0.25, 0.3) is 0 Å². The summed E-state index contributed by atoms with van der Waals surface area (Å²) < 4.78 is 0.184. The zero-order valence-corrected chi connectivity index (χ0v) is 13.9. The average molecular weight is 362 g/mol. The van der Waals surface area contributed by atoms with Crippen molar-refractivity contribution in [1.82, 2.24) is 0 Å². The van der Waals surface area contributed by atoms with Gasteiger partial charge >= 0.3 is 0 Å². The minimum absolute atomic E-state index is 0. The van der Waals surface area contributed by atoms with E-state index in [-0.39, 0.29) is 39.3 Å². The number of phenolic OH excluding ortho intramolecular Hbond substituents is 1. The van der Waals surface area contributed by atoms with Crippen LogP contribution >= 0.6 is 17.0 Å². The van der Waals surface area contributed by atoms with Crippen LogP contribution in [0.15, 0.2) is 24.3 Å². The third-order valence-electron chi connectivity index (χ3n) is 2.74. The minimum atomic E-state index is -2.13. The molecule has 1 aromatic rings. The maximum absolute atomic E-state index is 12.4. The van der Waals surface area contributed by atoms with Crippen LogP contribution in [-0.2, 0) is 4.79 Å². The number of likely N-dealkylation sites (N-methyl/N-ethyl adjacent to an activating group) is 1. The second-order valence-corrected chi connectivity index (χ2v) is 5.88. The number of aliphatic carboxylic acids is 1. The van der Waals surface area contributed by atoms with Gasteiger partial charge in [0.1, 0.15) is 12.3 Å². The van der Waals surface area contributed by atoms with Gasteiger partial charge in [0, 0.05) is 12.4 Å². The van der Waals surface area contributed by atoms with Gasteiger partial charge in [0.05, 0.1) is 26.7 Å². The number of Topliss-reactive ketones (excluding diaryl/α,β-unsaturated/α-hetero) is 1. The van der Waals surface area contributed by atoms with Crippen molar-refractivity contribution in [3.63, 3.8) is 0 Å². The molecule has 0 fully saturated rings. The maximum atomic E-state index is 12.4. The topological polar surface area (TPSA) is 97.7 Å². The molecule has 21 heavy (non-hydrogen) atoms. The van der Waals surface area contributed by atoms with Crippen molar-refractivity contribution in [2.45, 2.75) is 12.0 Å². The lowest BCUT2D eigenvalue weighted by atomic mass is 9.88. The number of carbonyl (C=O) groups is 2. The van der Waals surface area contributed by atoms with E-state index < -0.39 is 23.8 Å². The Bertz CT molecular complexity index is 526. The van der Waals surface area contributed by atoms with Crippen LogP contribution in [0, 0.1) is 0 Å². The van der Waals surface area contributed by atoms with Crippen LogP contribution in [0.4, 0.5) is 0 Å². The van der Waals surface area contributed by atoms with E-state index in [1.54, 1.807) is 21.1 Å². The molecule has 1 atom stereocenters. The molecule has 0 saturated heterocycles. The summed E-state index contributed by atoms with van der Waals surface area (Å²) in [6.45, 7) is -0.117. The first-order valence-corrected chi connectivity index (χ1v) is 6.11. The summed E-state index contributed by atoms with van der Waals surface area (Å²) >= 11 is 0. The van der Waals surface area contributed by atoms with Gasteiger partial charge in [-0.2, -0.15) is 0 Å². The van der Waals surface area contributed by atoms with E-state index in [4.69, 9.17) is 0 Å². The monoisotopic (exact) mass is 361 g/mol. The third-order valence-corrected chi connectivity index (χ3v) is 2.74. The standard InChI is InChI=1S/C14H19NO5.BrH/c1-15(2,3)9-14(20,8-12(17)18)13(19)10-6-4-5-7-11(10)16;/h4-7,20H,8-9H2,1-3H3,(H-,16,17,18,19);1H/t14-;/m1./s1. The highest BCUT2D eigenvalue weighted by molar-refractivity contribution is 8.93. The number of phenols is 1. The number of carboxylic acid groups (broad SMARTS) is 1. The van der Waals surface area contributed by atoms with Crippen LogP contribution in [0.2, 0.25) is 0 Å². The molecular weight excluding hydrogens is 342 g/mol. The van der Waals surface area contributed by atoms with E-state index in [2.05, 4.69) is 0 Å². The van der Waals surface area contributed by atoms with E-state index in [0.29, 0.717) is 0 Å². The molecule has 0 spiro atoms. The number of quaternary nitrogens is 1. The van der Waals surface area contributed by atoms with Gasteiger partial charge in [-0.25, -0.2) is 0 Å². The fourth-order valence-electron chi connectivity index (χ4n) is 2.15. The Morgan fingerprint density at radius 1 is 1.24 bits per heavy atom. The largest absolute Gasteiger partial charge is 0.550 e. The average Bonchev–Trinajstić information content (AvgIpc) is 2.25.